The van der Waals surface area contributed by atoms with Crippen LogP contribution in [0, 0.1) is 6.92 Å². The minimum absolute atomic E-state index is 0.184. The van der Waals surface area contributed by atoms with E-state index in [0.29, 0.717) is 23.8 Å². The SMILES string of the molecule is CNC(=O)Nc1cc(CN2CCN(c3ccc(C(=O)NC)nc3C)CC2)on1. The summed E-state index contributed by atoms with van der Waals surface area (Å²) in [7, 11) is 3.14. The van der Waals surface area contributed by atoms with Gasteiger partial charge < -0.3 is 20.1 Å². The number of anilines is 2. The average molecular weight is 387 g/mol. The minimum Gasteiger partial charge on any atom is -0.368 e. The molecule has 0 unspecified atom stereocenters. The number of hydrogen-bond donors (Lipinski definition) is 3. The van der Waals surface area contributed by atoms with Crippen molar-refractivity contribution in [2.75, 3.05) is 50.5 Å². The zero-order valence-corrected chi connectivity index (χ0v) is 16.3. The van der Waals surface area contributed by atoms with E-state index in [-0.39, 0.29) is 11.9 Å². The molecule has 0 aromatic carbocycles. The van der Waals surface area contributed by atoms with Gasteiger partial charge in [-0.1, -0.05) is 5.16 Å². The van der Waals surface area contributed by atoms with Crippen LogP contribution in [0.1, 0.15) is 21.9 Å². The summed E-state index contributed by atoms with van der Waals surface area (Å²) in [4.78, 5) is 32.0. The third-order valence-corrected chi connectivity index (χ3v) is 4.64. The van der Waals surface area contributed by atoms with Crippen molar-refractivity contribution in [2.24, 2.45) is 0 Å². The Morgan fingerprint density at radius 1 is 1.14 bits per heavy atom. The molecule has 0 bridgehead atoms. The lowest BCUT2D eigenvalue weighted by atomic mass is 10.2. The fourth-order valence-electron chi connectivity index (χ4n) is 3.13. The van der Waals surface area contributed by atoms with E-state index in [1.165, 1.54) is 0 Å². The Kier molecular flexibility index (Phi) is 6.09. The van der Waals surface area contributed by atoms with Gasteiger partial charge >= 0.3 is 6.03 Å². The van der Waals surface area contributed by atoms with Crippen molar-refractivity contribution >= 4 is 23.4 Å². The van der Waals surface area contributed by atoms with E-state index in [4.69, 9.17) is 4.52 Å². The van der Waals surface area contributed by atoms with Crippen molar-refractivity contribution in [3.63, 3.8) is 0 Å². The number of urea groups is 1. The molecule has 1 aliphatic rings. The summed E-state index contributed by atoms with van der Waals surface area (Å²) < 4.78 is 5.29. The zero-order valence-electron chi connectivity index (χ0n) is 16.3. The van der Waals surface area contributed by atoms with Crippen LogP contribution >= 0.6 is 0 Å². The van der Waals surface area contributed by atoms with Crippen molar-refractivity contribution in [1.82, 2.24) is 25.7 Å². The Balaban J connectivity index is 1.55. The van der Waals surface area contributed by atoms with E-state index in [1.54, 1.807) is 26.2 Å². The molecular weight excluding hydrogens is 362 g/mol. The number of aryl methyl sites for hydroxylation is 1. The molecule has 3 heterocycles. The van der Waals surface area contributed by atoms with Crippen LogP contribution in [0.4, 0.5) is 16.3 Å². The highest BCUT2D eigenvalue weighted by atomic mass is 16.5. The van der Waals surface area contributed by atoms with E-state index in [0.717, 1.165) is 37.6 Å². The average Bonchev–Trinajstić information content (AvgIpc) is 3.14. The van der Waals surface area contributed by atoms with Gasteiger partial charge in [-0.05, 0) is 19.1 Å². The number of carbonyl (C=O) groups excluding carboxylic acids is 2. The van der Waals surface area contributed by atoms with Gasteiger partial charge in [-0.15, -0.1) is 0 Å². The summed E-state index contributed by atoms with van der Waals surface area (Å²) in [5.74, 6) is 0.912. The van der Waals surface area contributed by atoms with Crippen molar-refractivity contribution in [3.05, 3.63) is 35.3 Å². The number of amides is 3. The maximum absolute atomic E-state index is 11.7. The highest BCUT2D eigenvalue weighted by Gasteiger charge is 2.21. The number of carbonyl (C=O) groups is 2. The van der Waals surface area contributed by atoms with Crippen LogP contribution in [0.3, 0.4) is 0 Å². The molecule has 150 valence electrons. The van der Waals surface area contributed by atoms with E-state index in [9.17, 15) is 9.59 Å². The summed E-state index contributed by atoms with van der Waals surface area (Å²) in [5.41, 5.74) is 2.31. The van der Waals surface area contributed by atoms with Gasteiger partial charge in [-0.3, -0.25) is 15.0 Å². The molecule has 0 saturated carbocycles. The van der Waals surface area contributed by atoms with Crippen molar-refractivity contribution in [2.45, 2.75) is 13.5 Å². The number of piperazine rings is 1. The topological polar surface area (TPSA) is 116 Å². The van der Waals surface area contributed by atoms with Crippen LogP contribution in [0.15, 0.2) is 22.7 Å². The van der Waals surface area contributed by atoms with Gasteiger partial charge in [0.15, 0.2) is 11.6 Å². The Morgan fingerprint density at radius 2 is 1.89 bits per heavy atom. The van der Waals surface area contributed by atoms with Gasteiger partial charge in [0.2, 0.25) is 0 Å². The standard InChI is InChI=1S/C18H25N7O3/c1-12-15(5-4-14(21-12)17(26)19-2)25-8-6-24(7-9-25)11-13-10-16(23-28-13)22-18(27)20-3/h4-5,10H,6-9,11H2,1-3H3,(H,19,26)(H2,20,22,23,27). The van der Waals surface area contributed by atoms with Gasteiger partial charge in [0.05, 0.1) is 17.9 Å². The van der Waals surface area contributed by atoms with Crippen LogP contribution in [0.2, 0.25) is 0 Å². The molecule has 28 heavy (non-hydrogen) atoms. The van der Waals surface area contributed by atoms with E-state index in [1.807, 2.05) is 13.0 Å². The molecule has 10 heteroatoms. The third kappa shape index (κ3) is 4.58. The molecule has 1 saturated heterocycles. The summed E-state index contributed by atoms with van der Waals surface area (Å²) in [6, 6.07) is 5.10. The summed E-state index contributed by atoms with van der Waals surface area (Å²) in [6.07, 6.45) is 0. The van der Waals surface area contributed by atoms with Crippen LogP contribution < -0.4 is 20.9 Å². The monoisotopic (exact) mass is 387 g/mol. The maximum Gasteiger partial charge on any atom is 0.320 e. The predicted molar refractivity (Wildman–Crippen MR) is 104 cm³/mol. The highest BCUT2D eigenvalue weighted by molar-refractivity contribution is 5.92. The molecule has 10 nitrogen and oxygen atoms in total. The lowest BCUT2D eigenvalue weighted by molar-refractivity contribution is 0.0958. The van der Waals surface area contributed by atoms with Gasteiger partial charge in [0.25, 0.3) is 5.91 Å². The molecule has 0 spiro atoms. The van der Waals surface area contributed by atoms with Crippen molar-refractivity contribution in [1.29, 1.82) is 0 Å². The Morgan fingerprint density at radius 3 is 2.54 bits per heavy atom. The molecule has 0 atom stereocenters. The molecule has 0 radical (unpaired) electrons. The number of nitrogens with zero attached hydrogens (tertiary/aromatic N) is 4. The lowest BCUT2D eigenvalue weighted by Gasteiger charge is -2.36. The van der Waals surface area contributed by atoms with E-state index < -0.39 is 0 Å². The molecule has 1 aliphatic heterocycles. The first-order valence-corrected chi connectivity index (χ1v) is 9.11. The van der Waals surface area contributed by atoms with Gasteiger partial charge in [-0.2, -0.15) is 0 Å². The van der Waals surface area contributed by atoms with Crippen LogP contribution in [-0.2, 0) is 6.54 Å². The summed E-state index contributed by atoms with van der Waals surface area (Å²) in [5, 5.41) is 11.5. The Labute approximate surface area is 163 Å². The van der Waals surface area contributed by atoms with Gasteiger partial charge in [0.1, 0.15) is 5.69 Å². The smallest absolute Gasteiger partial charge is 0.320 e. The first-order chi connectivity index (χ1) is 13.5. The fraction of sp³-hybridized carbons (Fsp3) is 0.444. The molecular formula is C18H25N7O3. The van der Waals surface area contributed by atoms with Gasteiger partial charge in [-0.25, -0.2) is 9.78 Å². The molecule has 2 aromatic heterocycles. The second-order valence-electron chi connectivity index (χ2n) is 6.53. The van der Waals surface area contributed by atoms with Crippen molar-refractivity contribution < 1.29 is 14.1 Å². The molecule has 1 fully saturated rings. The maximum atomic E-state index is 11.7. The number of nitrogens with one attached hydrogen (secondary N) is 3. The predicted octanol–water partition coefficient (Wildman–Crippen LogP) is 0.811. The van der Waals surface area contributed by atoms with Crippen molar-refractivity contribution in [3.8, 4) is 0 Å². The first kappa shape index (κ1) is 19.6. The first-order valence-electron chi connectivity index (χ1n) is 9.11. The van der Waals surface area contributed by atoms with E-state index >= 15 is 0 Å². The van der Waals surface area contributed by atoms with Crippen LogP contribution in [0.25, 0.3) is 0 Å². The molecule has 3 rings (SSSR count). The third-order valence-electron chi connectivity index (χ3n) is 4.64. The van der Waals surface area contributed by atoms with E-state index in [2.05, 4.69) is 35.9 Å². The largest absolute Gasteiger partial charge is 0.368 e. The Hall–Kier alpha value is -3.14. The highest BCUT2D eigenvalue weighted by Crippen LogP contribution is 2.21. The van der Waals surface area contributed by atoms with Crippen LogP contribution in [-0.4, -0.2) is 67.3 Å². The number of pyridine rings is 1. The number of rotatable bonds is 5. The molecule has 3 N–H and O–H groups in total. The molecule has 3 amide bonds. The second-order valence-corrected chi connectivity index (χ2v) is 6.53. The normalized spacial score (nSPS) is 14.6. The zero-order chi connectivity index (χ0) is 20.1. The fourth-order valence-corrected chi connectivity index (χ4v) is 3.13. The summed E-state index contributed by atoms with van der Waals surface area (Å²) in [6.45, 7) is 5.95. The number of hydrogen-bond acceptors (Lipinski definition) is 7. The number of aromatic nitrogens is 2. The lowest BCUT2D eigenvalue weighted by Crippen LogP contribution is -2.46. The molecule has 0 aliphatic carbocycles. The molecule has 2 aromatic rings. The van der Waals surface area contributed by atoms with Crippen LogP contribution in [0.5, 0.6) is 0 Å². The minimum atomic E-state index is -0.333. The quantitative estimate of drug-likeness (QED) is 0.695. The van der Waals surface area contributed by atoms with Gasteiger partial charge in [0, 0.05) is 46.3 Å². The Bertz CT molecular complexity index is 843. The second kappa shape index (κ2) is 8.70. The summed E-state index contributed by atoms with van der Waals surface area (Å²) >= 11 is 0.